The van der Waals surface area contributed by atoms with Crippen LogP contribution in [0.5, 0.6) is 5.75 Å². The highest BCUT2D eigenvalue weighted by molar-refractivity contribution is 7.09. The van der Waals surface area contributed by atoms with Gasteiger partial charge >= 0.3 is 5.97 Å². The lowest BCUT2D eigenvalue weighted by Gasteiger charge is -2.15. The van der Waals surface area contributed by atoms with E-state index in [2.05, 4.69) is 11.1 Å². The predicted octanol–water partition coefficient (Wildman–Crippen LogP) is 7.25. The minimum Gasteiger partial charge on any atom is -0.489 e. The largest absolute Gasteiger partial charge is 0.489 e. The maximum Gasteiger partial charge on any atom is 0.306 e. The van der Waals surface area contributed by atoms with Gasteiger partial charge in [-0.1, -0.05) is 54.6 Å². The third kappa shape index (κ3) is 6.55. The molecule has 0 radical (unpaired) electrons. The molecule has 35 heavy (non-hydrogen) atoms. The maximum atomic E-state index is 12.8. The van der Waals surface area contributed by atoms with E-state index in [-0.39, 0.29) is 18.3 Å². The van der Waals surface area contributed by atoms with Crippen LogP contribution in [0.15, 0.2) is 78.2 Å². The van der Waals surface area contributed by atoms with Crippen molar-refractivity contribution in [2.24, 2.45) is 0 Å². The Morgan fingerprint density at radius 3 is 2.43 bits per heavy atom. The second kappa shape index (κ2) is 11.8. The summed E-state index contributed by atoms with van der Waals surface area (Å²) in [6.45, 7) is 4.09. The lowest BCUT2D eigenvalue weighted by molar-refractivity contribution is -0.143. The number of thiazole rings is 1. The monoisotopic (exact) mass is 489 g/mol. The summed E-state index contributed by atoms with van der Waals surface area (Å²) in [4.78, 5) is 16.8. The average molecular weight is 490 g/mol. The van der Waals surface area contributed by atoms with Crippen LogP contribution in [0, 0.1) is 6.92 Å². The number of esters is 1. The van der Waals surface area contributed by atoms with E-state index in [4.69, 9.17) is 9.47 Å². The molecule has 0 aliphatic rings. The Kier molecular flexibility index (Phi) is 8.27. The Hall–Kier alpha value is -3.51. The van der Waals surface area contributed by atoms with Crippen molar-refractivity contribution in [3.63, 3.8) is 0 Å². The smallest absolute Gasteiger partial charge is 0.306 e. The number of benzene rings is 3. The van der Waals surface area contributed by atoms with E-state index in [1.165, 1.54) is 0 Å². The molecule has 1 unspecified atom stereocenters. The molecule has 0 amide bonds. The molecule has 0 aliphatic heterocycles. The Morgan fingerprint density at radius 2 is 1.77 bits per heavy atom. The van der Waals surface area contributed by atoms with E-state index in [9.17, 15) is 9.18 Å². The highest BCUT2D eigenvalue weighted by atomic mass is 32.1. The zero-order valence-electron chi connectivity index (χ0n) is 19.9. The molecular weight excluding hydrogens is 461 g/mol. The summed E-state index contributed by atoms with van der Waals surface area (Å²) in [7, 11) is 0. The van der Waals surface area contributed by atoms with Crippen molar-refractivity contribution < 1.29 is 18.7 Å². The van der Waals surface area contributed by atoms with E-state index in [0.29, 0.717) is 18.8 Å². The van der Waals surface area contributed by atoms with Gasteiger partial charge < -0.3 is 9.47 Å². The van der Waals surface area contributed by atoms with Gasteiger partial charge in [0.15, 0.2) is 0 Å². The molecule has 4 aromatic rings. The number of hydrogen-bond acceptors (Lipinski definition) is 5. The molecular formula is C29H28FNO3S. The fourth-order valence-corrected chi connectivity index (χ4v) is 4.78. The lowest BCUT2D eigenvalue weighted by Crippen LogP contribution is -2.11. The van der Waals surface area contributed by atoms with Gasteiger partial charge in [-0.25, -0.2) is 9.37 Å². The Balaban J connectivity index is 1.44. The van der Waals surface area contributed by atoms with Crippen LogP contribution in [0.3, 0.4) is 0 Å². The van der Waals surface area contributed by atoms with Crippen molar-refractivity contribution >= 4 is 17.3 Å². The number of carbonyl (C=O) groups is 1. The minimum absolute atomic E-state index is 0.151. The SMILES string of the molecule is CCOC(=O)CC(c1ccc(OCc2cccc(-c3ccc(CF)cc3)c2)cc1)c1nc(C)cs1. The first-order valence-corrected chi connectivity index (χ1v) is 12.5. The highest BCUT2D eigenvalue weighted by Crippen LogP contribution is 2.32. The summed E-state index contributed by atoms with van der Waals surface area (Å²) >= 11 is 1.56. The molecule has 4 rings (SSSR count). The van der Waals surface area contributed by atoms with Gasteiger partial charge in [0.1, 0.15) is 24.0 Å². The van der Waals surface area contributed by atoms with Crippen molar-refractivity contribution in [2.75, 3.05) is 6.61 Å². The first-order chi connectivity index (χ1) is 17.1. The maximum absolute atomic E-state index is 12.8. The van der Waals surface area contributed by atoms with Gasteiger partial charge in [-0.2, -0.15) is 0 Å². The fraction of sp³-hybridized carbons (Fsp3) is 0.241. The number of aromatic nitrogens is 1. The van der Waals surface area contributed by atoms with E-state index in [1.807, 2.05) is 86.0 Å². The summed E-state index contributed by atoms with van der Waals surface area (Å²) in [6.07, 6.45) is 0.250. The van der Waals surface area contributed by atoms with E-state index < -0.39 is 6.67 Å². The van der Waals surface area contributed by atoms with E-state index in [1.54, 1.807) is 11.3 Å². The van der Waals surface area contributed by atoms with E-state index in [0.717, 1.165) is 38.7 Å². The fourth-order valence-electron chi connectivity index (χ4n) is 3.86. The van der Waals surface area contributed by atoms with Crippen LogP contribution in [0.4, 0.5) is 4.39 Å². The quantitative estimate of drug-likeness (QED) is 0.220. The molecule has 0 aliphatic carbocycles. The van der Waals surface area contributed by atoms with Gasteiger partial charge in [0.25, 0.3) is 0 Å². The Bertz CT molecular complexity index is 1250. The number of halogens is 1. The van der Waals surface area contributed by atoms with Gasteiger partial charge in [-0.05, 0) is 59.9 Å². The number of alkyl halides is 1. The van der Waals surface area contributed by atoms with Gasteiger partial charge in [0, 0.05) is 17.0 Å². The molecule has 0 saturated heterocycles. The third-order valence-corrected chi connectivity index (χ3v) is 6.74. The van der Waals surface area contributed by atoms with Gasteiger partial charge in [-0.3, -0.25) is 4.79 Å². The molecule has 4 nitrogen and oxygen atoms in total. The average Bonchev–Trinajstić information content (AvgIpc) is 3.33. The Morgan fingerprint density at radius 1 is 1.00 bits per heavy atom. The van der Waals surface area contributed by atoms with Crippen LogP contribution >= 0.6 is 11.3 Å². The second-order valence-corrected chi connectivity index (χ2v) is 9.17. The van der Waals surface area contributed by atoms with Crippen molar-refractivity contribution in [1.29, 1.82) is 0 Å². The van der Waals surface area contributed by atoms with Crippen molar-refractivity contribution in [1.82, 2.24) is 4.98 Å². The molecule has 180 valence electrons. The van der Waals surface area contributed by atoms with Crippen LogP contribution in [-0.4, -0.2) is 17.6 Å². The minimum atomic E-state index is -0.458. The normalized spacial score (nSPS) is 11.7. The number of nitrogens with zero attached hydrogens (tertiary/aromatic N) is 1. The molecule has 3 aromatic carbocycles. The summed E-state index contributed by atoms with van der Waals surface area (Å²) in [5, 5.41) is 2.90. The number of ether oxygens (including phenoxy) is 2. The second-order valence-electron chi connectivity index (χ2n) is 8.28. The molecule has 0 N–H and O–H groups in total. The van der Waals surface area contributed by atoms with Crippen molar-refractivity contribution in [2.45, 2.75) is 39.5 Å². The van der Waals surface area contributed by atoms with Crippen LogP contribution in [0.25, 0.3) is 11.1 Å². The van der Waals surface area contributed by atoms with Crippen LogP contribution in [-0.2, 0) is 22.8 Å². The standard InChI is InChI=1S/C29H28FNO3S/c1-3-33-28(32)16-27(29-31-20(2)19-35-29)24-11-13-26(14-12-24)34-18-22-5-4-6-25(15-22)23-9-7-21(17-30)8-10-23/h4-15,19,27H,3,16-18H2,1-2H3. The summed E-state index contributed by atoms with van der Waals surface area (Å²) in [6, 6.07) is 23.4. The topological polar surface area (TPSA) is 48.4 Å². The Labute approximate surface area is 209 Å². The van der Waals surface area contributed by atoms with Crippen LogP contribution < -0.4 is 4.74 Å². The molecule has 1 atom stereocenters. The lowest BCUT2D eigenvalue weighted by atomic mass is 9.96. The molecule has 1 heterocycles. The first-order valence-electron chi connectivity index (χ1n) is 11.6. The summed E-state index contributed by atoms with van der Waals surface area (Å²) in [5.41, 5.74) is 5.76. The van der Waals surface area contributed by atoms with Gasteiger partial charge in [0.2, 0.25) is 0 Å². The number of rotatable bonds is 10. The molecule has 1 aromatic heterocycles. The van der Waals surface area contributed by atoms with Crippen LogP contribution in [0.2, 0.25) is 0 Å². The van der Waals surface area contributed by atoms with E-state index >= 15 is 0 Å². The zero-order valence-corrected chi connectivity index (χ0v) is 20.7. The number of hydrogen-bond donors (Lipinski definition) is 0. The van der Waals surface area contributed by atoms with Crippen molar-refractivity contribution in [3.8, 4) is 16.9 Å². The molecule has 0 spiro atoms. The van der Waals surface area contributed by atoms with Crippen LogP contribution in [0.1, 0.15) is 46.7 Å². The predicted molar refractivity (Wildman–Crippen MR) is 137 cm³/mol. The zero-order chi connectivity index (χ0) is 24.6. The van der Waals surface area contributed by atoms with Gasteiger partial charge in [0.05, 0.1) is 13.0 Å². The number of aryl methyl sites for hydroxylation is 1. The third-order valence-electron chi connectivity index (χ3n) is 5.67. The summed E-state index contributed by atoms with van der Waals surface area (Å²) in [5.74, 6) is 0.365. The first kappa shape index (κ1) is 24.6. The molecule has 0 bridgehead atoms. The molecule has 0 saturated carbocycles. The van der Waals surface area contributed by atoms with Gasteiger partial charge in [-0.15, -0.1) is 11.3 Å². The summed E-state index contributed by atoms with van der Waals surface area (Å²) < 4.78 is 24.0. The molecule has 6 heteroatoms. The molecule has 0 fully saturated rings. The number of carbonyl (C=O) groups excluding carboxylic acids is 1. The highest BCUT2D eigenvalue weighted by Gasteiger charge is 2.22. The van der Waals surface area contributed by atoms with Crippen molar-refractivity contribution in [3.05, 3.63) is 106 Å².